The highest BCUT2D eigenvalue weighted by Gasteiger charge is 2.23. The van der Waals surface area contributed by atoms with E-state index in [0.29, 0.717) is 21.3 Å². The van der Waals surface area contributed by atoms with Crippen LogP contribution in [0, 0.1) is 10.1 Å². The van der Waals surface area contributed by atoms with E-state index >= 15 is 0 Å². The fourth-order valence-corrected chi connectivity index (χ4v) is 2.03. The molecular formula is C13H10ClN5O4. The third kappa shape index (κ3) is 2.94. The van der Waals surface area contributed by atoms with Crippen molar-refractivity contribution in [2.45, 2.75) is 6.54 Å². The lowest BCUT2D eigenvalue weighted by molar-refractivity contribution is -0.391. The molecule has 2 aromatic heterocycles. The summed E-state index contributed by atoms with van der Waals surface area (Å²) < 4.78 is 5.10. The topological polar surface area (TPSA) is 112 Å². The first-order valence-corrected chi connectivity index (χ1v) is 6.79. The zero-order chi connectivity index (χ0) is 16.4. The van der Waals surface area contributed by atoms with Crippen LogP contribution in [0.5, 0.6) is 0 Å². The smallest absolute Gasteiger partial charge is 0.438 e. The minimum absolute atomic E-state index is 0.0285. The molecule has 3 rings (SSSR count). The predicted molar refractivity (Wildman–Crippen MR) is 78.4 cm³/mol. The van der Waals surface area contributed by atoms with Crippen molar-refractivity contribution in [3.8, 4) is 5.69 Å². The van der Waals surface area contributed by atoms with E-state index in [4.69, 9.17) is 16.0 Å². The second-order valence-electron chi connectivity index (χ2n) is 4.46. The highest BCUT2D eigenvalue weighted by atomic mass is 35.5. The van der Waals surface area contributed by atoms with Gasteiger partial charge < -0.3 is 19.7 Å². The van der Waals surface area contributed by atoms with E-state index in [1.807, 2.05) is 0 Å². The Morgan fingerprint density at radius 1 is 1.35 bits per heavy atom. The van der Waals surface area contributed by atoms with Gasteiger partial charge in [0.2, 0.25) is 0 Å². The van der Waals surface area contributed by atoms with Gasteiger partial charge in [-0.3, -0.25) is 0 Å². The molecule has 23 heavy (non-hydrogen) atoms. The lowest BCUT2D eigenvalue weighted by Gasteiger charge is -1.99. The lowest BCUT2D eigenvalue weighted by atomic mass is 10.3. The molecule has 0 amide bonds. The third-order valence-electron chi connectivity index (χ3n) is 2.95. The first-order valence-electron chi connectivity index (χ1n) is 6.41. The van der Waals surface area contributed by atoms with Crippen molar-refractivity contribution < 1.29 is 14.5 Å². The van der Waals surface area contributed by atoms with Gasteiger partial charge in [0.25, 0.3) is 5.49 Å². The van der Waals surface area contributed by atoms with Gasteiger partial charge in [-0.2, -0.15) is 0 Å². The second-order valence-corrected chi connectivity index (χ2v) is 4.89. The normalized spacial score (nSPS) is 11.8. The summed E-state index contributed by atoms with van der Waals surface area (Å²) in [5, 5.41) is 25.6. The van der Waals surface area contributed by atoms with Gasteiger partial charge in [0.15, 0.2) is 0 Å². The van der Waals surface area contributed by atoms with Crippen LogP contribution in [-0.4, -0.2) is 24.9 Å². The van der Waals surface area contributed by atoms with Crippen LogP contribution >= 0.6 is 11.6 Å². The minimum Gasteiger partial charge on any atom is -0.467 e. The molecule has 2 heterocycles. The number of furan rings is 1. The Morgan fingerprint density at radius 3 is 2.70 bits per heavy atom. The number of hydrogen-bond acceptors (Lipinski definition) is 6. The second kappa shape index (κ2) is 5.97. The minimum atomic E-state index is -0.722. The summed E-state index contributed by atoms with van der Waals surface area (Å²) in [7, 11) is 0. The van der Waals surface area contributed by atoms with Crippen LogP contribution in [0.4, 0.5) is 5.82 Å². The summed E-state index contributed by atoms with van der Waals surface area (Å²) in [6, 6.07) is 9.60. The van der Waals surface area contributed by atoms with Crippen LogP contribution in [0.3, 0.4) is 0 Å². The fraction of sp³-hybridized carbons (Fsp3) is 0.0769. The van der Waals surface area contributed by atoms with Crippen molar-refractivity contribution in [2.75, 3.05) is 0 Å². The Bertz CT molecular complexity index is 896. The van der Waals surface area contributed by atoms with Gasteiger partial charge in [0, 0.05) is 5.02 Å². The van der Waals surface area contributed by atoms with E-state index in [1.54, 1.807) is 36.4 Å². The molecule has 0 aliphatic rings. The first-order chi connectivity index (χ1) is 11.1. The maximum Gasteiger partial charge on any atom is 0.438 e. The molecule has 0 unspecified atom stereocenters. The van der Waals surface area contributed by atoms with E-state index in [0.717, 1.165) is 4.80 Å². The molecule has 0 aliphatic carbocycles. The standard InChI is InChI=1S/C13H10ClN5O4/c14-9-3-5-10(6-4-9)17-16-13(19(21)22)12(18(17)20)15-8-11-2-1-7-23-11/h1-7,20H,8H2. The van der Waals surface area contributed by atoms with E-state index in [9.17, 15) is 15.3 Å². The van der Waals surface area contributed by atoms with Crippen molar-refractivity contribution in [3.63, 3.8) is 0 Å². The summed E-state index contributed by atoms with van der Waals surface area (Å²) in [5.74, 6) is -0.0763. The summed E-state index contributed by atoms with van der Waals surface area (Å²) in [6.45, 7) is 0.0285. The van der Waals surface area contributed by atoms with Gasteiger partial charge in [-0.15, -0.1) is 0 Å². The Hall–Kier alpha value is -3.07. The number of aromatic nitrogens is 3. The number of nitrogens with zero attached hydrogens (tertiary/aromatic N) is 5. The third-order valence-corrected chi connectivity index (χ3v) is 3.21. The highest BCUT2D eigenvalue weighted by molar-refractivity contribution is 6.30. The zero-order valence-corrected chi connectivity index (χ0v) is 12.3. The van der Waals surface area contributed by atoms with Crippen molar-refractivity contribution in [3.05, 3.63) is 69.0 Å². The molecule has 10 heteroatoms. The molecule has 9 nitrogen and oxygen atoms in total. The zero-order valence-electron chi connectivity index (χ0n) is 11.5. The van der Waals surface area contributed by atoms with Crippen molar-refractivity contribution >= 4 is 17.4 Å². The van der Waals surface area contributed by atoms with E-state index < -0.39 is 10.7 Å². The van der Waals surface area contributed by atoms with Gasteiger partial charge in [-0.1, -0.05) is 16.4 Å². The maximum absolute atomic E-state index is 11.1. The van der Waals surface area contributed by atoms with Crippen molar-refractivity contribution in [2.24, 2.45) is 4.99 Å². The lowest BCUT2D eigenvalue weighted by Crippen LogP contribution is -2.22. The average Bonchev–Trinajstić information content (AvgIpc) is 3.14. The van der Waals surface area contributed by atoms with Crippen LogP contribution < -0.4 is 5.49 Å². The van der Waals surface area contributed by atoms with Gasteiger partial charge in [-0.25, -0.2) is 4.99 Å². The Morgan fingerprint density at radius 2 is 2.09 bits per heavy atom. The number of halogens is 1. The SMILES string of the molecule is O=[N+]([O-])c1nn(-c2ccc(Cl)cc2)n(O)c1=NCc1ccco1. The van der Waals surface area contributed by atoms with Crippen LogP contribution in [0.2, 0.25) is 5.02 Å². The maximum atomic E-state index is 11.1. The van der Waals surface area contributed by atoms with E-state index in [2.05, 4.69) is 10.1 Å². The molecule has 118 valence electrons. The largest absolute Gasteiger partial charge is 0.467 e. The average molecular weight is 336 g/mol. The molecule has 0 saturated heterocycles. The molecule has 0 atom stereocenters. The van der Waals surface area contributed by atoms with E-state index in [1.165, 1.54) is 6.26 Å². The Labute approximate surface area is 133 Å². The molecule has 0 fully saturated rings. The number of rotatable bonds is 4. The molecule has 0 saturated carbocycles. The Kier molecular flexibility index (Phi) is 3.85. The summed E-state index contributed by atoms with van der Waals surface area (Å²) >= 11 is 5.80. The van der Waals surface area contributed by atoms with Gasteiger partial charge in [0.1, 0.15) is 11.4 Å². The quantitative estimate of drug-likeness (QED) is 0.446. The number of nitro groups is 1. The Balaban J connectivity index is 2.09. The molecular weight excluding hydrogens is 326 g/mol. The predicted octanol–water partition coefficient (Wildman–Crippen LogP) is 2.17. The fourth-order valence-electron chi connectivity index (χ4n) is 1.90. The monoisotopic (exact) mass is 335 g/mol. The van der Waals surface area contributed by atoms with Crippen LogP contribution in [0.15, 0.2) is 52.1 Å². The molecule has 1 N–H and O–H groups in total. The molecule has 0 bridgehead atoms. The van der Waals surface area contributed by atoms with Gasteiger partial charge >= 0.3 is 5.82 Å². The molecule has 0 radical (unpaired) electrons. The molecule has 1 aromatic carbocycles. The van der Waals surface area contributed by atoms with Crippen LogP contribution in [0.25, 0.3) is 5.69 Å². The first kappa shape index (κ1) is 14.9. The number of hydrogen-bond donors (Lipinski definition) is 1. The van der Waals surface area contributed by atoms with Gasteiger partial charge in [0.05, 0.1) is 17.9 Å². The summed E-state index contributed by atoms with van der Waals surface area (Å²) in [6.07, 6.45) is 1.46. The molecule has 0 spiro atoms. The van der Waals surface area contributed by atoms with Crippen LogP contribution in [0.1, 0.15) is 5.76 Å². The molecule has 0 aliphatic heterocycles. The van der Waals surface area contributed by atoms with E-state index in [-0.39, 0.29) is 12.0 Å². The molecule has 3 aromatic rings. The summed E-state index contributed by atoms with van der Waals surface area (Å²) in [4.78, 5) is 15.9. The summed E-state index contributed by atoms with van der Waals surface area (Å²) in [5.41, 5.74) is 0.0980. The van der Waals surface area contributed by atoms with Crippen LogP contribution in [-0.2, 0) is 6.54 Å². The van der Waals surface area contributed by atoms with Gasteiger partial charge in [-0.05, 0) is 46.1 Å². The highest BCUT2D eigenvalue weighted by Crippen LogP contribution is 2.13. The van der Waals surface area contributed by atoms with Crippen molar-refractivity contribution in [1.82, 2.24) is 14.7 Å². The van der Waals surface area contributed by atoms with Crippen molar-refractivity contribution in [1.29, 1.82) is 0 Å². The number of benzene rings is 1.